The maximum atomic E-state index is 12.9. The van der Waals surface area contributed by atoms with E-state index in [1.807, 2.05) is 22.6 Å². The first-order valence-electron chi connectivity index (χ1n) is 2.99. The van der Waals surface area contributed by atoms with Crippen LogP contribution >= 0.6 is 45.2 Å². The molecule has 0 unspecified atom stereocenters. The monoisotopic (exact) mass is 377 g/mol. The predicted molar refractivity (Wildman–Crippen MR) is 59.7 cm³/mol. The molecule has 2 N–H and O–H groups in total. The first kappa shape index (κ1) is 9.66. The van der Waals surface area contributed by atoms with Crippen LogP contribution in [0.1, 0.15) is 5.56 Å². The number of halogens is 3. The topological polar surface area (TPSA) is 26.0 Å². The van der Waals surface area contributed by atoms with Gasteiger partial charge < -0.3 is 5.73 Å². The van der Waals surface area contributed by atoms with Gasteiger partial charge in [-0.15, -0.1) is 0 Å². The van der Waals surface area contributed by atoms with Gasteiger partial charge in [-0.3, -0.25) is 0 Å². The number of benzene rings is 1. The lowest BCUT2D eigenvalue weighted by Gasteiger charge is -2.04. The summed E-state index contributed by atoms with van der Waals surface area (Å²) in [5.41, 5.74) is 6.34. The molecule has 11 heavy (non-hydrogen) atoms. The standard InChI is InChI=1S/C7H6FI2N/c8-5-1-2-6(9)4(3-11)7(5)10/h1-2H,3,11H2. The molecule has 0 saturated heterocycles. The second kappa shape index (κ2) is 3.99. The van der Waals surface area contributed by atoms with Gasteiger partial charge in [0.25, 0.3) is 0 Å². The highest BCUT2D eigenvalue weighted by Gasteiger charge is 2.06. The molecule has 0 heterocycles. The zero-order chi connectivity index (χ0) is 8.43. The van der Waals surface area contributed by atoms with Gasteiger partial charge in [0.2, 0.25) is 0 Å². The minimum absolute atomic E-state index is 0.188. The number of rotatable bonds is 1. The Labute approximate surface area is 91.8 Å². The molecule has 0 aliphatic carbocycles. The van der Waals surface area contributed by atoms with Crippen LogP contribution in [0.15, 0.2) is 12.1 Å². The van der Waals surface area contributed by atoms with Gasteiger partial charge in [0.1, 0.15) is 5.82 Å². The number of hydrogen-bond donors (Lipinski definition) is 1. The fourth-order valence-electron chi connectivity index (χ4n) is 0.756. The van der Waals surface area contributed by atoms with E-state index in [9.17, 15) is 4.39 Å². The van der Waals surface area contributed by atoms with E-state index in [-0.39, 0.29) is 5.82 Å². The van der Waals surface area contributed by atoms with Crippen LogP contribution in [0.5, 0.6) is 0 Å². The number of hydrogen-bond acceptors (Lipinski definition) is 1. The van der Waals surface area contributed by atoms with Crippen molar-refractivity contribution in [2.75, 3.05) is 0 Å². The van der Waals surface area contributed by atoms with E-state index < -0.39 is 0 Å². The van der Waals surface area contributed by atoms with E-state index in [0.29, 0.717) is 10.1 Å². The Morgan fingerprint density at radius 3 is 2.45 bits per heavy atom. The van der Waals surface area contributed by atoms with Gasteiger partial charge in [-0.1, -0.05) is 0 Å². The van der Waals surface area contributed by atoms with Crippen molar-refractivity contribution < 1.29 is 4.39 Å². The predicted octanol–water partition coefficient (Wildman–Crippen LogP) is 2.49. The molecule has 1 aromatic carbocycles. The third kappa shape index (κ3) is 2.03. The minimum atomic E-state index is -0.188. The Morgan fingerprint density at radius 1 is 1.36 bits per heavy atom. The first-order valence-corrected chi connectivity index (χ1v) is 5.15. The molecule has 1 aromatic rings. The van der Waals surface area contributed by atoms with Crippen molar-refractivity contribution in [2.45, 2.75) is 6.54 Å². The summed E-state index contributed by atoms with van der Waals surface area (Å²) in [6, 6.07) is 3.20. The van der Waals surface area contributed by atoms with Crippen molar-refractivity contribution in [1.29, 1.82) is 0 Å². The van der Waals surface area contributed by atoms with E-state index >= 15 is 0 Å². The van der Waals surface area contributed by atoms with Gasteiger partial charge in [-0.25, -0.2) is 4.39 Å². The van der Waals surface area contributed by atoms with Gasteiger partial charge in [-0.2, -0.15) is 0 Å². The highest BCUT2D eigenvalue weighted by Crippen LogP contribution is 2.21. The molecule has 0 atom stereocenters. The Hall–Kier alpha value is 0.570. The lowest BCUT2D eigenvalue weighted by Crippen LogP contribution is -2.03. The van der Waals surface area contributed by atoms with Gasteiger partial charge in [0.15, 0.2) is 0 Å². The van der Waals surface area contributed by atoms with Crippen molar-refractivity contribution in [3.63, 3.8) is 0 Å². The van der Waals surface area contributed by atoms with E-state index in [4.69, 9.17) is 5.73 Å². The minimum Gasteiger partial charge on any atom is -0.326 e. The normalized spacial score (nSPS) is 10.2. The number of nitrogens with two attached hydrogens (primary N) is 1. The average molecular weight is 377 g/mol. The van der Waals surface area contributed by atoms with Crippen LogP contribution in [0.4, 0.5) is 4.39 Å². The van der Waals surface area contributed by atoms with E-state index in [1.165, 1.54) is 6.07 Å². The van der Waals surface area contributed by atoms with Crippen molar-refractivity contribution in [2.24, 2.45) is 5.73 Å². The summed E-state index contributed by atoms with van der Waals surface area (Å²) in [5.74, 6) is -0.188. The fraction of sp³-hybridized carbons (Fsp3) is 0.143. The summed E-state index contributed by atoms with van der Waals surface area (Å²) < 4.78 is 14.5. The summed E-state index contributed by atoms with van der Waals surface area (Å²) in [6.45, 7) is 0.397. The van der Waals surface area contributed by atoms with Gasteiger partial charge in [-0.05, 0) is 62.9 Å². The first-order chi connectivity index (χ1) is 5.16. The van der Waals surface area contributed by atoms with Gasteiger partial charge in [0.05, 0.1) is 3.57 Å². The highest BCUT2D eigenvalue weighted by molar-refractivity contribution is 14.1. The molecule has 4 heteroatoms. The Morgan fingerprint density at radius 2 is 2.00 bits per heavy atom. The lowest BCUT2D eigenvalue weighted by molar-refractivity contribution is 0.616. The third-order valence-corrected chi connectivity index (χ3v) is 3.52. The highest BCUT2D eigenvalue weighted by atomic mass is 127. The van der Waals surface area contributed by atoms with Crippen LogP contribution in [0.25, 0.3) is 0 Å². The summed E-state index contributed by atoms with van der Waals surface area (Å²) in [4.78, 5) is 0. The van der Waals surface area contributed by atoms with E-state index in [0.717, 1.165) is 9.13 Å². The van der Waals surface area contributed by atoms with Crippen molar-refractivity contribution in [3.8, 4) is 0 Å². The average Bonchev–Trinajstić information content (AvgIpc) is 1.99. The molecular weight excluding hydrogens is 371 g/mol. The molecule has 0 aliphatic rings. The molecular formula is C7H6FI2N. The zero-order valence-corrected chi connectivity index (χ0v) is 9.89. The molecule has 0 saturated carbocycles. The zero-order valence-electron chi connectivity index (χ0n) is 5.57. The smallest absolute Gasteiger partial charge is 0.136 e. The van der Waals surface area contributed by atoms with Crippen LogP contribution < -0.4 is 5.73 Å². The Kier molecular flexibility index (Phi) is 3.51. The van der Waals surface area contributed by atoms with Gasteiger partial charge >= 0.3 is 0 Å². The largest absolute Gasteiger partial charge is 0.326 e. The quantitative estimate of drug-likeness (QED) is 0.591. The van der Waals surface area contributed by atoms with Crippen LogP contribution in [0.2, 0.25) is 0 Å². The molecule has 0 aromatic heterocycles. The maximum Gasteiger partial charge on any atom is 0.136 e. The molecule has 1 rings (SSSR count). The van der Waals surface area contributed by atoms with Crippen LogP contribution in [-0.2, 0) is 6.54 Å². The molecule has 0 aliphatic heterocycles. The molecule has 0 spiro atoms. The van der Waals surface area contributed by atoms with Crippen molar-refractivity contribution >= 4 is 45.2 Å². The maximum absolute atomic E-state index is 12.9. The molecule has 1 nitrogen and oxygen atoms in total. The van der Waals surface area contributed by atoms with Gasteiger partial charge in [0, 0.05) is 10.1 Å². The SMILES string of the molecule is NCc1c(I)ccc(F)c1I. The third-order valence-electron chi connectivity index (χ3n) is 1.34. The molecule has 60 valence electrons. The Balaban J connectivity index is 3.29. The van der Waals surface area contributed by atoms with Crippen molar-refractivity contribution in [1.82, 2.24) is 0 Å². The Bertz CT molecular complexity index is 275. The summed E-state index contributed by atoms with van der Waals surface area (Å²) in [7, 11) is 0. The van der Waals surface area contributed by atoms with Crippen LogP contribution in [0, 0.1) is 13.0 Å². The van der Waals surface area contributed by atoms with Crippen LogP contribution in [0.3, 0.4) is 0 Å². The van der Waals surface area contributed by atoms with E-state index in [1.54, 1.807) is 6.07 Å². The summed E-state index contributed by atoms with van der Waals surface area (Å²) in [5, 5.41) is 0. The fourth-order valence-corrected chi connectivity index (χ4v) is 2.63. The molecule has 0 fully saturated rings. The molecule has 0 amide bonds. The molecule has 0 radical (unpaired) electrons. The summed E-state index contributed by atoms with van der Waals surface area (Å²) in [6.07, 6.45) is 0. The van der Waals surface area contributed by atoms with Crippen LogP contribution in [-0.4, -0.2) is 0 Å². The van der Waals surface area contributed by atoms with E-state index in [2.05, 4.69) is 22.6 Å². The van der Waals surface area contributed by atoms with Crippen molar-refractivity contribution in [3.05, 3.63) is 30.7 Å². The second-order valence-electron chi connectivity index (χ2n) is 2.03. The summed E-state index contributed by atoms with van der Waals surface area (Å²) >= 11 is 4.12. The molecule has 0 bridgehead atoms. The lowest BCUT2D eigenvalue weighted by atomic mass is 10.2. The second-order valence-corrected chi connectivity index (χ2v) is 4.27.